The molecule has 1 saturated heterocycles. The molecule has 240 valence electrons. The van der Waals surface area contributed by atoms with Crippen molar-refractivity contribution in [2.75, 3.05) is 13.6 Å². The van der Waals surface area contributed by atoms with E-state index in [1.807, 2.05) is 13.8 Å². The third kappa shape index (κ3) is 12.1. The first-order valence-corrected chi connectivity index (χ1v) is 15.3. The summed E-state index contributed by atoms with van der Waals surface area (Å²) in [5, 5.41) is 19.2. The number of phosphoric ester groups is 1. The van der Waals surface area contributed by atoms with E-state index in [1.54, 1.807) is 7.05 Å². The molecule has 1 rings (SSSR count). The molecule has 1 heterocycles. The highest BCUT2D eigenvalue weighted by molar-refractivity contribution is 7.46. The third-order valence-corrected chi connectivity index (χ3v) is 7.40. The standard InChI is InChI=1S/C25H44N5O11P/c1-13(2)12-18(26-6)25(37)30-11-7-8-19(30)23(35)28-17(9-10-20(32)33)22(34)29-21(16(5)41-42(38,39)40)24(36)27-14(3)15(4)31/h13-14,16-19,21,26H,7-12H2,1-6H3,(H,27,36)(H,28,35)(H,29,34)(H,32,33)(H2,38,39,40)/t14-,16?,17-,18-,19-,21-/m0/s1. The number of carbonyl (C=O) groups is 6. The van der Waals surface area contributed by atoms with Crippen molar-refractivity contribution in [2.45, 2.75) is 103 Å². The zero-order valence-electron chi connectivity index (χ0n) is 24.8. The van der Waals surface area contributed by atoms with Gasteiger partial charge in [-0.1, -0.05) is 13.8 Å². The van der Waals surface area contributed by atoms with E-state index in [0.717, 1.165) is 6.92 Å². The normalized spacial score (nSPS) is 18.9. The van der Waals surface area contributed by atoms with Crippen LogP contribution >= 0.6 is 7.82 Å². The number of phosphoric acid groups is 1. The van der Waals surface area contributed by atoms with Crippen molar-refractivity contribution in [3.63, 3.8) is 0 Å². The summed E-state index contributed by atoms with van der Waals surface area (Å²) in [4.78, 5) is 95.5. The number of carboxylic acid groups (broad SMARTS) is 1. The molecule has 17 heteroatoms. The molecule has 1 unspecified atom stereocenters. The van der Waals surface area contributed by atoms with Crippen molar-refractivity contribution >= 4 is 43.2 Å². The Hall–Kier alpha value is -2.91. The van der Waals surface area contributed by atoms with Crippen molar-refractivity contribution in [2.24, 2.45) is 5.92 Å². The lowest BCUT2D eigenvalue weighted by molar-refractivity contribution is -0.142. The number of hydrogen-bond donors (Lipinski definition) is 7. The molecule has 1 fully saturated rings. The molecule has 4 amide bonds. The molecular weight excluding hydrogens is 577 g/mol. The second kappa shape index (κ2) is 16.7. The van der Waals surface area contributed by atoms with E-state index >= 15 is 0 Å². The number of nitrogens with one attached hydrogen (secondary N) is 4. The molecule has 42 heavy (non-hydrogen) atoms. The quantitative estimate of drug-likeness (QED) is 0.0972. The van der Waals surface area contributed by atoms with Crippen molar-refractivity contribution < 1.29 is 52.7 Å². The maximum absolute atomic E-state index is 13.3. The second-order valence-electron chi connectivity index (χ2n) is 10.8. The van der Waals surface area contributed by atoms with Crippen LogP contribution in [0.2, 0.25) is 0 Å². The molecule has 0 radical (unpaired) electrons. The fourth-order valence-corrected chi connectivity index (χ4v) is 5.01. The Kier molecular flexibility index (Phi) is 14.7. The van der Waals surface area contributed by atoms with E-state index in [-0.39, 0.29) is 11.8 Å². The number of rotatable bonds is 17. The summed E-state index contributed by atoms with van der Waals surface area (Å²) in [6.45, 7) is 7.88. The van der Waals surface area contributed by atoms with Crippen LogP contribution in [0.1, 0.15) is 66.7 Å². The van der Waals surface area contributed by atoms with Gasteiger partial charge in [-0.05, 0) is 59.4 Å². The number of aliphatic carboxylic acids is 1. The Morgan fingerprint density at radius 2 is 1.60 bits per heavy atom. The van der Waals surface area contributed by atoms with Gasteiger partial charge in [0, 0.05) is 13.0 Å². The maximum Gasteiger partial charge on any atom is 0.469 e. The van der Waals surface area contributed by atoms with E-state index in [0.29, 0.717) is 25.8 Å². The predicted octanol–water partition coefficient (Wildman–Crippen LogP) is -0.963. The average molecular weight is 622 g/mol. The predicted molar refractivity (Wildman–Crippen MR) is 149 cm³/mol. The number of carbonyl (C=O) groups excluding carboxylic acids is 5. The highest BCUT2D eigenvalue weighted by Gasteiger charge is 2.39. The van der Waals surface area contributed by atoms with Gasteiger partial charge in [0.15, 0.2) is 5.78 Å². The molecule has 16 nitrogen and oxygen atoms in total. The summed E-state index contributed by atoms with van der Waals surface area (Å²) in [5.41, 5.74) is 0. The molecule has 0 aromatic carbocycles. The lowest BCUT2D eigenvalue weighted by Crippen LogP contribution is -2.60. The van der Waals surface area contributed by atoms with Crippen LogP contribution in [0, 0.1) is 5.92 Å². The Bertz CT molecular complexity index is 1050. The van der Waals surface area contributed by atoms with Gasteiger partial charge in [0.1, 0.15) is 18.1 Å². The summed E-state index contributed by atoms with van der Waals surface area (Å²) in [6.07, 6.45) is -1.18. The van der Waals surface area contributed by atoms with Gasteiger partial charge in [-0.25, -0.2) is 4.57 Å². The van der Waals surface area contributed by atoms with E-state index in [1.165, 1.54) is 18.7 Å². The average Bonchev–Trinajstić information content (AvgIpc) is 3.36. The van der Waals surface area contributed by atoms with Crippen LogP contribution in [0.5, 0.6) is 0 Å². The zero-order valence-corrected chi connectivity index (χ0v) is 25.7. The van der Waals surface area contributed by atoms with Gasteiger partial charge in [-0.3, -0.25) is 33.3 Å². The van der Waals surface area contributed by atoms with Gasteiger partial charge in [0.05, 0.1) is 18.2 Å². The fourth-order valence-electron chi connectivity index (χ4n) is 4.45. The number of ketones is 1. The van der Waals surface area contributed by atoms with Crippen LogP contribution < -0.4 is 21.3 Å². The van der Waals surface area contributed by atoms with Gasteiger partial charge < -0.3 is 41.1 Å². The first-order chi connectivity index (χ1) is 19.4. The minimum absolute atomic E-state index is 0.200. The number of nitrogens with zero attached hydrogens (tertiary/aromatic N) is 1. The highest BCUT2D eigenvalue weighted by Crippen LogP contribution is 2.38. The lowest BCUT2D eigenvalue weighted by Gasteiger charge is -2.31. The van der Waals surface area contributed by atoms with E-state index in [9.17, 15) is 48.2 Å². The number of likely N-dealkylation sites (N-methyl/N-ethyl adjacent to an activating group) is 1. The molecule has 6 atom stereocenters. The van der Waals surface area contributed by atoms with Crippen LogP contribution in [-0.2, 0) is 37.9 Å². The largest absolute Gasteiger partial charge is 0.481 e. The third-order valence-electron chi connectivity index (χ3n) is 6.79. The smallest absolute Gasteiger partial charge is 0.469 e. The Labute approximate surface area is 244 Å². The molecule has 0 aromatic rings. The van der Waals surface area contributed by atoms with Gasteiger partial charge in [-0.2, -0.15) is 0 Å². The van der Waals surface area contributed by atoms with Crippen LogP contribution in [-0.4, -0.2) is 105 Å². The molecule has 0 spiro atoms. The van der Waals surface area contributed by atoms with Gasteiger partial charge in [-0.15, -0.1) is 0 Å². The van der Waals surface area contributed by atoms with Crippen molar-refractivity contribution in [1.82, 2.24) is 26.2 Å². The van der Waals surface area contributed by atoms with Crippen LogP contribution in [0.4, 0.5) is 0 Å². The molecule has 0 aliphatic carbocycles. The molecule has 1 aliphatic heterocycles. The molecule has 0 aromatic heterocycles. The van der Waals surface area contributed by atoms with E-state index in [4.69, 9.17) is 0 Å². The summed E-state index contributed by atoms with van der Waals surface area (Å²) < 4.78 is 16.0. The highest BCUT2D eigenvalue weighted by atomic mass is 31.2. The molecule has 7 N–H and O–H groups in total. The SMILES string of the molecule is CN[C@@H](CC(C)C)C(=O)N1CCC[C@H]1C(=O)N[C@@H](CCC(=O)O)C(=O)N[C@H](C(=O)N[C@@H](C)C(C)=O)C(C)OP(=O)(O)O. The van der Waals surface area contributed by atoms with E-state index in [2.05, 4.69) is 25.8 Å². The number of carboxylic acids is 1. The zero-order chi connectivity index (χ0) is 32.4. The first kappa shape index (κ1) is 37.1. The Balaban J connectivity index is 3.21. The minimum atomic E-state index is -5.12. The molecule has 1 aliphatic rings. The Morgan fingerprint density at radius 3 is 2.10 bits per heavy atom. The van der Waals surface area contributed by atoms with Gasteiger partial charge in [0.25, 0.3) is 0 Å². The number of likely N-dealkylation sites (tertiary alicyclic amines) is 1. The summed E-state index contributed by atoms with van der Waals surface area (Å²) in [5.74, 6) is -4.53. The number of amides is 4. The number of hydrogen-bond acceptors (Lipinski definition) is 9. The van der Waals surface area contributed by atoms with Gasteiger partial charge in [0.2, 0.25) is 23.6 Å². The topological polar surface area (TPSA) is 241 Å². The summed E-state index contributed by atoms with van der Waals surface area (Å²) in [6, 6.07) is -5.70. The molecule has 0 bridgehead atoms. The minimum Gasteiger partial charge on any atom is -0.481 e. The maximum atomic E-state index is 13.3. The Morgan fingerprint density at radius 1 is 0.976 bits per heavy atom. The van der Waals surface area contributed by atoms with E-state index < -0.39 is 86.5 Å². The molecular formula is C25H44N5O11P. The fraction of sp³-hybridized carbons (Fsp3) is 0.760. The summed E-state index contributed by atoms with van der Waals surface area (Å²) in [7, 11) is -3.48. The monoisotopic (exact) mass is 621 g/mol. The summed E-state index contributed by atoms with van der Waals surface area (Å²) >= 11 is 0. The van der Waals surface area contributed by atoms with Crippen LogP contribution in [0.15, 0.2) is 0 Å². The second-order valence-corrected chi connectivity index (χ2v) is 12.0. The number of Topliss-reactive ketones (excluding diaryl/α,β-unsaturated/α-hetero) is 1. The lowest BCUT2D eigenvalue weighted by atomic mass is 10.0. The molecule has 0 saturated carbocycles. The van der Waals surface area contributed by atoms with Crippen molar-refractivity contribution in [3.05, 3.63) is 0 Å². The van der Waals surface area contributed by atoms with Crippen LogP contribution in [0.25, 0.3) is 0 Å². The first-order valence-electron chi connectivity index (χ1n) is 13.7. The van der Waals surface area contributed by atoms with Crippen molar-refractivity contribution in [3.8, 4) is 0 Å². The van der Waals surface area contributed by atoms with Gasteiger partial charge >= 0.3 is 13.8 Å². The van der Waals surface area contributed by atoms with Crippen LogP contribution in [0.3, 0.4) is 0 Å². The van der Waals surface area contributed by atoms with Crippen molar-refractivity contribution in [1.29, 1.82) is 0 Å².